The second-order valence-electron chi connectivity index (χ2n) is 4.62. The van der Waals surface area contributed by atoms with Crippen LogP contribution in [0.3, 0.4) is 0 Å². The molecule has 0 unspecified atom stereocenters. The predicted molar refractivity (Wildman–Crippen MR) is 75.7 cm³/mol. The van der Waals surface area contributed by atoms with Crippen LogP contribution < -0.4 is 5.56 Å². The molecule has 0 amide bonds. The molecule has 0 aromatic carbocycles. The lowest BCUT2D eigenvalue weighted by Gasteiger charge is -2.04. The van der Waals surface area contributed by atoms with E-state index in [0.29, 0.717) is 17.6 Å². The highest BCUT2D eigenvalue weighted by Crippen LogP contribution is 2.21. The maximum Gasteiger partial charge on any atom is 0.264 e. The Morgan fingerprint density at radius 3 is 2.84 bits per heavy atom. The summed E-state index contributed by atoms with van der Waals surface area (Å²) in [5, 5.41) is 4.63. The van der Waals surface area contributed by atoms with E-state index in [-0.39, 0.29) is 5.56 Å². The summed E-state index contributed by atoms with van der Waals surface area (Å²) < 4.78 is 3.25. The Balaban J connectivity index is 2.09. The smallest absolute Gasteiger partial charge is 0.264 e. The van der Waals surface area contributed by atoms with Crippen LogP contribution in [0.2, 0.25) is 0 Å². The molecular weight excluding hydrogens is 260 g/mol. The second-order valence-corrected chi connectivity index (χ2v) is 6.08. The number of aryl methyl sites for hydroxylation is 3. The first kappa shape index (κ1) is 12.1. The molecule has 0 saturated carbocycles. The lowest BCUT2D eigenvalue weighted by molar-refractivity contribution is 0.736. The van der Waals surface area contributed by atoms with E-state index in [2.05, 4.69) is 30.0 Å². The van der Waals surface area contributed by atoms with Crippen LogP contribution in [0.15, 0.2) is 23.4 Å². The monoisotopic (exact) mass is 274 g/mol. The van der Waals surface area contributed by atoms with E-state index < -0.39 is 0 Å². The average molecular weight is 274 g/mol. The van der Waals surface area contributed by atoms with Crippen LogP contribution in [0.1, 0.15) is 15.3 Å². The number of aromatic nitrogens is 4. The highest BCUT2D eigenvalue weighted by Gasteiger charge is 2.10. The Bertz CT molecular complexity index is 812. The maximum absolute atomic E-state index is 12.3. The number of fused-ring (bicyclic) bond motifs is 1. The molecule has 6 heteroatoms. The van der Waals surface area contributed by atoms with Crippen molar-refractivity contribution in [3.8, 4) is 0 Å². The van der Waals surface area contributed by atoms with E-state index in [9.17, 15) is 4.79 Å². The zero-order valence-corrected chi connectivity index (χ0v) is 11.9. The molecule has 0 radical (unpaired) electrons. The molecule has 0 aliphatic rings. The highest BCUT2D eigenvalue weighted by atomic mass is 32.1. The fourth-order valence-electron chi connectivity index (χ4n) is 2.20. The normalized spacial score (nSPS) is 11.3. The quantitative estimate of drug-likeness (QED) is 0.716. The van der Waals surface area contributed by atoms with Crippen molar-refractivity contribution in [2.45, 2.75) is 20.4 Å². The summed E-state index contributed by atoms with van der Waals surface area (Å²) in [5.41, 5.74) is 1.76. The Morgan fingerprint density at radius 2 is 2.16 bits per heavy atom. The first-order valence-corrected chi connectivity index (χ1v) is 6.81. The van der Waals surface area contributed by atoms with Gasteiger partial charge >= 0.3 is 0 Å². The molecule has 3 aromatic heterocycles. The molecule has 0 aliphatic carbocycles. The SMILES string of the molecule is Cc1cc(Cn2cnc3c(cnn3C)c2=O)c(C)s1. The molecule has 5 nitrogen and oxygen atoms in total. The first-order chi connectivity index (χ1) is 9.06. The third kappa shape index (κ3) is 1.98. The van der Waals surface area contributed by atoms with Gasteiger partial charge in [-0.15, -0.1) is 11.3 Å². The highest BCUT2D eigenvalue weighted by molar-refractivity contribution is 7.12. The zero-order chi connectivity index (χ0) is 13.6. The standard InChI is InChI=1S/C13H14N4OS/c1-8-4-10(9(2)19-8)6-17-7-14-12-11(13(17)18)5-15-16(12)3/h4-5,7H,6H2,1-3H3. The molecule has 0 N–H and O–H groups in total. The fourth-order valence-corrected chi connectivity index (χ4v) is 3.14. The Labute approximate surface area is 114 Å². The lowest BCUT2D eigenvalue weighted by Crippen LogP contribution is -2.21. The van der Waals surface area contributed by atoms with Crippen molar-refractivity contribution in [2.75, 3.05) is 0 Å². The molecule has 0 saturated heterocycles. The van der Waals surface area contributed by atoms with Gasteiger partial charge in [0.05, 0.1) is 12.7 Å². The molecule has 0 bridgehead atoms. The van der Waals surface area contributed by atoms with Crippen LogP contribution in [-0.2, 0) is 13.6 Å². The second kappa shape index (κ2) is 4.31. The topological polar surface area (TPSA) is 52.7 Å². The van der Waals surface area contributed by atoms with E-state index in [1.54, 1.807) is 40.2 Å². The van der Waals surface area contributed by atoms with Crippen molar-refractivity contribution in [3.05, 3.63) is 44.3 Å². The third-order valence-corrected chi connectivity index (χ3v) is 4.21. The Morgan fingerprint density at radius 1 is 1.37 bits per heavy atom. The van der Waals surface area contributed by atoms with Crippen LogP contribution in [0, 0.1) is 13.8 Å². The number of rotatable bonds is 2. The van der Waals surface area contributed by atoms with Crippen molar-refractivity contribution in [1.82, 2.24) is 19.3 Å². The fraction of sp³-hybridized carbons (Fsp3) is 0.308. The predicted octanol–water partition coefficient (Wildman–Crippen LogP) is 1.86. The van der Waals surface area contributed by atoms with Crippen LogP contribution in [-0.4, -0.2) is 19.3 Å². The first-order valence-electron chi connectivity index (χ1n) is 5.99. The molecule has 3 rings (SSSR count). The van der Waals surface area contributed by atoms with E-state index in [0.717, 1.165) is 0 Å². The molecular formula is C13H14N4OS. The molecule has 0 spiro atoms. The lowest BCUT2D eigenvalue weighted by atomic mass is 10.2. The van der Waals surface area contributed by atoms with Crippen molar-refractivity contribution in [1.29, 1.82) is 0 Å². The van der Waals surface area contributed by atoms with Gasteiger partial charge in [-0.1, -0.05) is 0 Å². The number of hydrogen-bond donors (Lipinski definition) is 0. The van der Waals surface area contributed by atoms with Crippen molar-refractivity contribution in [2.24, 2.45) is 7.05 Å². The summed E-state index contributed by atoms with van der Waals surface area (Å²) in [5.74, 6) is 0. The Hall–Kier alpha value is -1.95. The summed E-state index contributed by atoms with van der Waals surface area (Å²) in [7, 11) is 1.78. The molecule has 0 aliphatic heterocycles. The minimum absolute atomic E-state index is 0.0404. The van der Waals surface area contributed by atoms with E-state index in [4.69, 9.17) is 0 Å². The van der Waals surface area contributed by atoms with E-state index >= 15 is 0 Å². The largest absolute Gasteiger partial charge is 0.294 e. The van der Waals surface area contributed by atoms with Gasteiger partial charge in [0.15, 0.2) is 5.65 Å². The maximum atomic E-state index is 12.3. The molecule has 0 fully saturated rings. The van der Waals surface area contributed by atoms with Gasteiger partial charge in [-0.05, 0) is 25.5 Å². The van der Waals surface area contributed by atoms with Crippen molar-refractivity contribution in [3.63, 3.8) is 0 Å². The average Bonchev–Trinajstić information content (AvgIpc) is 2.88. The summed E-state index contributed by atoms with van der Waals surface area (Å²) in [6.45, 7) is 4.72. The number of nitrogens with zero attached hydrogens (tertiary/aromatic N) is 4. The molecule has 3 heterocycles. The van der Waals surface area contributed by atoms with Crippen LogP contribution in [0.5, 0.6) is 0 Å². The van der Waals surface area contributed by atoms with E-state index in [1.165, 1.54) is 15.3 Å². The van der Waals surface area contributed by atoms with Gasteiger partial charge in [0.1, 0.15) is 11.7 Å². The van der Waals surface area contributed by atoms with Crippen molar-refractivity contribution < 1.29 is 0 Å². The summed E-state index contributed by atoms with van der Waals surface area (Å²) >= 11 is 1.75. The molecule has 19 heavy (non-hydrogen) atoms. The molecule has 98 valence electrons. The van der Waals surface area contributed by atoms with Gasteiger partial charge in [-0.25, -0.2) is 4.98 Å². The van der Waals surface area contributed by atoms with E-state index in [1.807, 2.05) is 0 Å². The number of hydrogen-bond acceptors (Lipinski definition) is 4. The summed E-state index contributed by atoms with van der Waals surface area (Å²) in [6, 6.07) is 2.12. The van der Waals surface area contributed by atoms with Gasteiger partial charge in [0.25, 0.3) is 5.56 Å². The van der Waals surface area contributed by atoms with Crippen LogP contribution in [0.4, 0.5) is 0 Å². The number of thiophene rings is 1. The van der Waals surface area contributed by atoms with Crippen LogP contribution >= 0.6 is 11.3 Å². The van der Waals surface area contributed by atoms with Gasteiger partial charge in [0.2, 0.25) is 0 Å². The Kier molecular flexibility index (Phi) is 2.74. The minimum Gasteiger partial charge on any atom is -0.294 e. The van der Waals surface area contributed by atoms with Gasteiger partial charge in [-0.2, -0.15) is 5.10 Å². The van der Waals surface area contributed by atoms with Crippen molar-refractivity contribution >= 4 is 22.4 Å². The third-order valence-electron chi connectivity index (χ3n) is 3.20. The zero-order valence-electron chi connectivity index (χ0n) is 11.0. The van der Waals surface area contributed by atoms with Gasteiger partial charge in [0, 0.05) is 16.8 Å². The van der Waals surface area contributed by atoms with Gasteiger partial charge < -0.3 is 0 Å². The minimum atomic E-state index is -0.0404. The molecule has 0 atom stereocenters. The summed E-state index contributed by atoms with van der Waals surface area (Å²) in [6.07, 6.45) is 3.17. The van der Waals surface area contributed by atoms with Gasteiger partial charge in [-0.3, -0.25) is 14.0 Å². The summed E-state index contributed by atoms with van der Waals surface area (Å²) in [4.78, 5) is 19.1. The molecule has 3 aromatic rings. The van der Waals surface area contributed by atoms with Crippen LogP contribution in [0.25, 0.3) is 11.0 Å².